The van der Waals surface area contributed by atoms with Crippen LogP contribution in [0.5, 0.6) is 0 Å². The molecule has 0 fully saturated rings. The van der Waals surface area contributed by atoms with Crippen molar-refractivity contribution in [1.29, 1.82) is 0 Å². The third-order valence-electron chi connectivity index (χ3n) is 3.06. The molecule has 0 atom stereocenters. The highest BCUT2D eigenvalue weighted by molar-refractivity contribution is 8.01. The van der Waals surface area contributed by atoms with Crippen LogP contribution in [-0.4, -0.2) is 31.5 Å². The van der Waals surface area contributed by atoms with Gasteiger partial charge in [-0.15, -0.1) is 10.2 Å². The highest BCUT2D eigenvalue weighted by atomic mass is 32.2. The maximum Gasteiger partial charge on any atom is 0.293 e. The van der Waals surface area contributed by atoms with Crippen molar-refractivity contribution in [3.8, 4) is 0 Å². The molecule has 0 unspecified atom stereocenters. The average molecular weight is 347 g/mol. The van der Waals surface area contributed by atoms with Crippen molar-refractivity contribution in [2.75, 3.05) is 11.1 Å². The minimum atomic E-state index is -0.335. The summed E-state index contributed by atoms with van der Waals surface area (Å²) < 4.78 is 1.78. The van der Waals surface area contributed by atoms with Crippen molar-refractivity contribution in [2.45, 2.75) is 18.2 Å². The summed E-state index contributed by atoms with van der Waals surface area (Å²) in [6.45, 7) is 3.92. The number of benzene rings is 1. The van der Waals surface area contributed by atoms with E-state index in [9.17, 15) is 9.59 Å². The predicted molar refractivity (Wildman–Crippen MR) is 90.2 cm³/mol. The number of nitrogens with zero attached hydrogens (tertiary/aromatic N) is 4. The smallest absolute Gasteiger partial charge is 0.293 e. The predicted octanol–water partition coefficient (Wildman–Crippen LogP) is 1.89. The minimum Gasteiger partial charge on any atom is -0.325 e. The van der Waals surface area contributed by atoms with E-state index in [4.69, 9.17) is 0 Å². The summed E-state index contributed by atoms with van der Waals surface area (Å²) in [6.07, 6.45) is 1.11. The number of aromatic nitrogens is 4. The molecule has 118 valence electrons. The number of hydrogen-bond acceptors (Lipinski definition) is 7. The number of amides is 1. The summed E-state index contributed by atoms with van der Waals surface area (Å²) in [4.78, 5) is 24.0. The van der Waals surface area contributed by atoms with Crippen LogP contribution in [0.15, 0.2) is 33.5 Å². The van der Waals surface area contributed by atoms with Gasteiger partial charge in [-0.2, -0.15) is 9.61 Å². The summed E-state index contributed by atoms with van der Waals surface area (Å²) in [5, 5.41) is 14.4. The molecular formula is C14H13N5O2S2. The zero-order valence-corrected chi connectivity index (χ0v) is 14.1. The fourth-order valence-corrected chi connectivity index (χ4v) is 3.58. The highest BCUT2D eigenvalue weighted by Gasteiger charge is 2.11. The Morgan fingerprint density at radius 3 is 3.00 bits per heavy atom. The van der Waals surface area contributed by atoms with Crippen LogP contribution in [0, 0.1) is 13.8 Å². The van der Waals surface area contributed by atoms with E-state index in [1.807, 2.05) is 32.0 Å². The first-order valence-corrected chi connectivity index (χ1v) is 8.54. The van der Waals surface area contributed by atoms with Gasteiger partial charge in [0.05, 0.1) is 5.75 Å². The van der Waals surface area contributed by atoms with E-state index in [0.717, 1.165) is 23.0 Å². The molecule has 0 radical (unpaired) electrons. The van der Waals surface area contributed by atoms with Gasteiger partial charge in [0.15, 0.2) is 4.34 Å². The van der Waals surface area contributed by atoms with Gasteiger partial charge >= 0.3 is 0 Å². The van der Waals surface area contributed by atoms with Gasteiger partial charge in [0.1, 0.15) is 6.20 Å². The quantitative estimate of drug-likeness (QED) is 0.725. The summed E-state index contributed by atoms with van der Waals surface area (Å²) in [5.41, 5.74) is 2.57. The normalized spacial score (nSPS) is 10.9. The molecule has 3 aromatic rings. The highest BCUT2D eigenvalue weighted by Crippen LogP contribution is 2.23. The molecule has 9 heteroatoms. The Bertz CT molecular complexity index is 934. The van der Waals surface area contributed by atoms with E-state index in [1.54, 1.807) is 0 Å². The SMILES string of the molecule is Cc1ccc(C)c(NC(=O)CSc2nn3c(=O)cnnc3s2)c1. The number of hydrogen-bond donors (Lipinski definition) is 1. The summed E-state index contributed by atoms with van der Waals surface area (Å²) in [5.74, 6) is 0.0800. The van der Waals surface area contributed by atoms with Crippen LogP contribution in [0.1, 0.15) is 11.1 Å². The van der Waals surface area contributed by atoms with Crippen LogP contribution in [-0.2, 0) is 4.79 Å². The van der Waals surface area contributed by atoms with Crippen molar-refractivity contribution in [3.63, 3.8) is 0 Å². The van der Waals surface area contributed by atoms with Gasteiger partial charge in [0.25, 0.3) is 5.56 Å². The van der Waals surface area contributed by atoms with Crippen molar-refractivity contribution in [2.24, 2.45) is 0 Å². The van der Waals surface area contributed by atoms with Crippen molar-refractivity contribution in [1.82, 2.24) is 19.8 Å². The molecule has 1 N–H and O–H groups in total. The number of anilines is 1. The number of fused-ring (bicyclic) bond motifs is 1. The van der Waals surface area contributed by atoms with Gasteiger partial charge in [0.2, 0.25) is 10.9 Å². The van der Waals surface area contributed by atoms with Crippen molar-refractivity contribution < 1.29 is 4.79 Å². The zero-order valence-electron chi connectivity index (χ0n) is 12.4. The maximum absolute atomic E-state index is 12.1. The largest absolute Gasteiger partial charge is 0.325 e. The standard InChI is InChI=1S/C14H13N5O2S2/c1-8-3-4-9(2)10(5-8)16-11(20)7-22-14-18-19-12(21)6-15-17-13(19)23-14/h3-6H,7H2,1-2H3,(H,16,20). The second-order valence-corrected chi connectivity index (χ2v) is 7.08. The number of nitrogens with one attached hydrogen (secondary N) is 1. The third kappa shape index (κ3) is 3.57. The first-order valence-electron chi connectivity index (χ1n) is 6.74. The minimum absolute atomic E-state index is 0.124. The zero-order chi connectivity index (χ0) is 16.4. The van der Waals surface area contributed by atoms with Crippen LogP contribution in [0.4, 0.5) is 5.69 Å². The molecule has 0 spiro atoms. The summed E-state index contributed by atoms with van der Waals surface area (Å²) >= 11 is 2.49. The van der Waals surface area contributed by atoms with Gasteiger partial charge < -0.3 is 5.32 Å². The lowest BCUT2D eigenvalue weighted by molar-refractivity contribution is -0.113. The molecule has 0 bridgehead atoms. The lowest BCUT2D eigenvalue weighted by Gasteiger charge is -2.08. The molecular weight excluding hydrogens is 334 g/mol. The fourth-order valence-electron chi connectivity index (χ4n) is 1.90. The van der Waals surface area contributed by atoms with Crippen LogP contribution >= 0.6 is 23.1 Å². The molecule has 0 aliphatic heterocycles. The average Bonchev–Trinajstić information content (AvgIpc) is 2.94. The molecule has 0 saturated heterocycles. The number of aryl methyl sites for hydroxylation is 2. The lowest BCUT2D eigenvalue weighted by Crippen LogP contribution is -2.15. The third-order valence-corrected chi connectivity index (χ3v) is 5.09. The van der Waals surface area contributed by atoms with E-state index in [0.29, 0.717) is 9.30 Å². The molecule has 3 rings (SSSR count). The summed E-state index contributed by atoms with van der Waals surface area (Å²) in [6, 6.07) is 5.90. The number of rotatable bonds is 4. The molecule has 1 aromatic carbocycles. The van der Waals surface area contributed by atoms with Crippen LogP contribution < -0.4 is 10.9 Å². The van der Waals surface area contributed by atoms with E-state index in [-0.39, 0.29) is 17.2 Å². The number of carbonyl (C=O) groups is 1. The molecule has 0 aliphatic carbocycles. The molecule has 23 heavy (non-hydrogen) atoms. The van der Waals surface area contributed by atoms with Crippen LogP contribution in [0.3, 0.4) is 0 Å². The first kappa shape index (κ1) is 15.6. The van der Waals surface area contributed by atoms with Crippen molar-refractivity contribution in [3.05, 3.63) is 45.9 Å². The Labute approximate surface area is 139 Å². The monoisotopic (exact) mass is 347 g/mol. The maximum atomic E-state index is 12.1. The Morgan fingerprint density at radius 2 is 2.22 bits per heavy atom. The Balaban J connectivity index is 1.67. The number of thioether (sulfide) groups is 1. The van der Waals surface area contributed by atoms with Gasteiger partial charge in [-0.1, -0.05) is 35.2 Å². The van der Waals surface area contributed by atoms with Crippen LogP contribution in [0.2, 0.25) is 0 Å². The van der Waals surface area contributed by atoms with E-state index < -0.39 is 0 Å². The van der Waals surface area contributed by atoms with E-state index in [1.165, 1.54) is 27.6 Å². The molecule has 7 nitrogen and oxygen atoms in total. The molecule has 0 aliphatic rings. The van der Waals surface area contributed by atoms with E-state index >= 15 is 0 Å². The molecule has 1 amide bonds. The van der Waals surface area contributed by atoms with Gasteiger partial charge in [0, 0.05) is 5.69 Å². The van der Waals surface area contributed by atoms with Gasteiger partial charge in [-0.05, 0) is 31.0 Å². The number of carbonyl (C=O) groups excluding carboxylic acids is 1. The van der Waals surface area contributed by atoms with Gasteiger partial charge in [-0.3, -0.25) is 9.59 Å². The Kier molecular flexibility index (Phi) is 4.39. The van der Waals surface area contributed by atoms with Crippen LogP contribution in [0.25, 0.3) is 4.96 Å². The molecule has 0 saturated carbocycles. The lowest BCUT2D eigenvalue weighted by atomic mass is 10.1. The Hall–Kier alpha value is -2.26. The molecule has 2 heterocycles. The molecule has 2 aromatic heterocycles. The first-order chi connectivity index (χ1) is 11.0. The second kappa shape index (κ2) is 6.47. The second-order valence-electron chi connectivity index (χ2n) is 4.90. The van der Waals surface area contributed by atoms with Gasteiger partial charge in [-0.25, -0.2) is 0 Å². The fraction of sp³-hybridized carbons (Fsp3) is 0.214. The van der Waals surface area contributed by atoms with E-state index in [2.05, 4.69) is 20.6 Å². The van der Waals surface area contributed by atoms with Crippen molar-refractivity contribution >= 4 is 39.7 Å². The Morgan fingerprint density at radius 1 is 1.39 bits per heavy atom. The topological polar surface area (TPSA) is 89.3 Å². The summed E-state index contributed by atoms with van der Waals surface area (Å²) in [7, 11) is 0.